The van der Waals surface area contributed by atoms with Crippen LogP contribution < -0.4 is 10.3 Å². The quantitative estimate of drug-likeness (QED) is 0.322. The summed E-state index contributed by atoms with van der Waals surface area (Å²) in [5, 5.41) is 8.89. The lowest BCUT2D eigenvalue weighted by Gasteiger charge is -2.19. The van der Waals surface area contributed by atoms with Gasteiger partial charge < -0.3 is 19.7 Å². The molecule has 2 heterocycles. The fourth-order valence-electron chi connectivity index (χ4n) is 4.58. The topological polar surface area (TPSA) is 121 Å². The largest absolute Gasteiger partial charge is 0.493 e. The van der Waals surface area contributed by atoms with E-state index in [4.69, 9.17) is 9.84 Å². The number of hydrogen-bond donors (Lipinski definition) is 2. The van der Waals surface area contributed by atoms with E-state index in [0.717, 1.165) is 55.6 Å². The Hall–Kier alpha value is -3.89. The summed E-state index contributed by atoms with van der Waals surface area (Å²) in [7, 11) is 1.42. The van der Waals surface area contributed by atoms with Crippen LogP contribution in [0.3, 0.4) is 0 Å². The summed E-state index contributed by atoms with van der Waals surface area (Å²) in [4.78, 5) is 40.8. The average Bonchev–Trinajstić information content (AvgIpc) is 3.17. The molecule has 3 aromatic rings. The number of hydrogen-bond acceptors (Lipinski definition) is 6. The number of aromatic nitrogens is 4. The van der Waals surface area contributed by atoms with Crippen LogP contribution in [0.4, 0.5) is 13.6 Å². The SMILES string of the molecule is CN(CCCOc1cc(F)c(-c2c(C3CCCCCC3)nc(-c3cnccn3)[nH]c2=O)c(F)c1)C(=O)O. The van der Waals surface area contributed by atoms with Gasteiger partial charge >= 0.3 is 6.09 Å². The number of aromatic amines is 1. The molecule has 1 aliphatic rings. The van der Waals surface area contributed by atoms with Crippen LogP contribution in [0.25, 0.3) is 22.6 Å². The molecule has 0 aliphatic heterocycles. The molecule has 2 N–H and O–H groups in total. The molecule has 196 valence electrons. The summed E-state index contributed by atoms with van der Waals surface area (Å²) in [5.41, 5.74) is -0.507. The lowest BCUT2D eigenvalue weighted by Crippen LogP contribution is -2.26. The first-order chi connectivity index (χ1) is 17.8. The maximum absolute atomic E-state index is 15.4. The van der Waals surface area contributed by atoms with E-state index in [0.29, 0.717) is 17.8 Å². The smallest absolute Gasteiger partial charge is 0.407 e. The fraction of sp³-hybridized carbons (Fsp3) is 0.423. The highest BCUT2D eigenvalue weighted by Gasteiger charge is 2.27. The van der Waals surface area contributed by atoms with Gasteiger partial charge in [-0.25, -0.2) is 23.5 Å². The van der Waals surface area contributed by atoms with Crippen LogP contribution in [0, 0.1) is 11.6 Å². The van der Waals surface area contributed by atoms with Gasteiger partial charge in [0.1, 0.15) is 23.1 Å². The number of nitrogens with one attached hydrogen (secondary N) is 1. The van der Waals surface area contributed by atoms with Gasteiger partial charge in [0.05, 0.1) is 29.6 Å². The molecule has 1 aromatic carbocycles. The van der Waals surface area contributed by atoms with Gasteiger partial charge in [0.25, 0.3) is 5.56 Å². The van der Waals surface area contributed by atoms with E-state index in [1.807, 2.05) is 0 Å². The number of carboxylic acid groups (broad SMARTS) is 1. The molecule has 0 radical (unpaired) electrons. The van der Waals surface area contributed by atoms with Crippen LogP contribution in [0.2, 0.25) is 0 Å². The minimum absolute atomic E-state index is 0.0479. The molecule has 1 amide bonds. The van der Waals surface area contributed by atoms with Crippen molar-refractivity contribution >= 4 is 6.09 Å². The standard InChI is InChI=1S/C26H29F2N5O4/c1-33(26(35)36)11-6-12-37-17-13-18(27)21(19(28)14-17)22-23(16-7-4-2-3-5-8-16)31-24(32-25(22)34)20-15-29-9-10-30-20/h9-10,13-16H,2-8,11-12H2,1H3,(H,35,36)(H,31,32,34). The summed E-state index contributed by atoms with van der Waals surface area (Å²) in [5.74, 6) is -1.85. The lowest BCUT2D eigenvalue weighted by molar-refractivity contribution is 0.152. The summed E-state index contributed by atoms with van der Waals surface area (Å²) in [6.45, 7) is 0.278. The monoisotopic (exact) mass is 513 g/mol. The third-order valence-electron chi connectivity index (χ3n) is 6.49. The van der Waals surface area contributed by atoms with E-state index in [-0.39, 0.29) is 36.2 Å². The molecule has 0 atom stereocenters. The van der Waals surface area contributed by atoms with Crippen molar-refractivity contribution in [3.05, 3.63) is 58.4 Å². The van der Waals surface area contributed by atoms with Gasteiger partial charge in [-0.2, -0.15) is 0 Å². The summed E-state index contributed by atoms with van der Waals surface area (Å²) in [6, 6.07) is 2.07. The molecule has 0 spiro atoms. The third kappa shape index (κ3) is 6.28. The van der Waals surface area contributed by atoms with Crippen molar-refractivity contribution in [3.8, 4) is 28.4 Å². The van der Waals surface area contributed by atoms with Crippen LogP contribution >= 0.6 is 0 Å². The molecular formula is C26H29F2N5O4. The molecule has 0 unspecified atom stereocenters. The van der Waals surface area contributed by atoms with Gasteiger partial charge in [-0.15, -0.1) is 0 Å². The molecule has 9 nitrogen and oxygen atoms in total. The molecular weight excluding hydrogens is 484 g/mol. The van der Waals surface area contributed by atoms with Crippen molar-refractivity contribution in [2.75, 3.05) is 20.2 Å². The Morgan fingerprint density at radius 2 is 1.84 bits per heavy atom. The van der Waals surface area contributed by atoms with Crippen LogP contribution in [0.5, 0.6) is 5.75 Å². The summed E-state index contributed by atoms with van der Waals surface area (Å²) >= 11 is 0. The predicted octanol–water partition coefficient (Wildman–Crippen LogP) is 4.99. The first-order valence-electron chi connectivity index (χ1n) is 12.3. The van der Waals surface area contributed by atoms with Gasteiger partial charge in [0, 0.05) is 44.0 Å². The molecule has 2 aromatic heterocycles. The summed E-state index contributed by atoms with van der Waals surface area (Å²) in [6.07, 6.45) is 9.23. The molecule has 4 rings (SSSR count). The Balaban J connectivity index is 1.69. The van der Waals surface area contributed by atoms with Gasteiger partial charge in [-0.3, -0.25) is 9.78 Å². The highest BCUT2D eigenvalue weighted by molar-refractivity contribution is 5.69. The van der Waals surface area contributed by atoms with E-state index in [1.165, 1.54) is 25.6 Å². The number of ether oxygens (including phenoxy) is 1. The van der Waals surface area contributed by atoms with Crippen LogP contribution in [-0.2, 0) is 0 Å². The molecule has 0 bridgehead atoms. The third-order valence-corrected chi connectivity index (χ3v) is 6.49. The number of benzene rings is 1. The normalized spacial score (nSPS) is 14.2. The lowest BCUT2D eigenvalue weighted by atomic mass is 9.90. The molecule has 11 heteroatoms. The Morgan fingerprint density at radius 1 is 1.14 bits per heavy atom. The molecule has 1 aliphatic carbocycles. The van der Waals surface area contributed by atoms with Crippen molar-refractivity contribution in [2.24, 2.45) is 0 Å². The van der Waals surface area contributed by atoms with E-state index in [2.05, 4.69) is 19.9 Å². The molecule has 1 saturated carbocycles. The predicted molar refractivity (Wildman–Crippen MR) is 132 cm³/mol. The Morgan fingerprint density at radius 3 is 2.46 bits per heavy atom. The maximum Gasteiger partial charge on any atom is 0.407 e. The molecule has 1 fully saturated rings. The first-order valence-corrected chi connectivity index (χ1v) is 12.3. The van der Waals surface area contributed by atoms with Crippen molar-refractivity contribution in [2.45, 2.75) is 50.9 Å². The zero-order valence-corrected chi connectivity index (χ0v) is 20.5. The zero-order chi connectivity index (χ0) is 26.4. The number of rotatable bonds is 8. The Kier molecular flexibility index (Phi) is 8.42. The number of amides is 1. The molecule has 0 saturated heterocycles. The highest BCUT2D eigenvalue weighted by Crippen LogP contribution is 2.38. The number of H-pyrrole nitrogens is 1. The van der Waals surface area contributed by atoms with Gasteiger partial charge in [0.15, 0.2) is 5.82 Å². The van der Waals surface area contributed by atoms with Crippen molar-refractivity contribution < 1.29 is 23.4 Å². The van der Waals surface area contributed by atoms with E-state index in [9.17, 15) is 9.59 Å². The minimum atomic E-state index is -1.07. The number of nitrogens with zero attached hydrogens (tertiary/aromatic N) is 4. The van der Waals surface area contributed by atoms with Crippen molar-refractivity contribution in [1.29, 1.82) is 0 Å². The average molecular weight is 514 g/mol. The second-order valence-corrected chi connectivity index (χ2v) is 9.12. The van der Waals surface area contributed by atoms with Crippen LogP contribution in [0.1, 0.15) is 56.6 Å². The summed E-state index contributed by atoms with van der Waals surface area (Å²) < 4.78 is 36.2. The highest BCUT2D eigenvalue weighted by atomic mass is 19.1. The van der Waals surface area contributed by atoms with Crippen LogP contribution in [0.15, 0.2) is 35.5 Å². The first kappa shape index (κ1) is 26.2. The van der Waals surface area contributed by atoms with E-state index in [1.54, 1.807) is 0 Å². The number of carbonyl (C=O) groups is 1. The number of halogens is 2. The second-order valence-electron chi connectivity index (χ2n) is 9.12. The van der Waals surface area contributed by atoms with Gasteiger partial charge in [0.2, 0.25) is 0 Å². The fourth-order valence-corrected chi connectivity index (χ4v) is 4.58. The van der Waals surface area contributed by atoms with Crippen molar-refractivity contribution in [1.82, 2.24) is 24.8 Å². The maximum atomic E-state index is 15.4. The van der Waals surface area contributed by atoms with E-state index >= 15 is 8.78 Å². The van der Waals surface area contributed by atoms with E-state index < -0.39 is 28.9 Å². The Labute approximate surface area is 212 Å². The minimum Gasteiger partial charge on any atom is -0.493 e. The van der Waals surface area contributed by atoms with Crippen molar-refractivity contribution in [3.63, 3.8) is 0 Å². The second kappa shape index (κ2) is 11.9. The molecule has 37 heavy (non-hydrogen) atoms. The van der Waals surface area contributed by atoms with Gasteiger partial charge in [-0.1, -0.05) is 25.7 Å². The van der Waals surface area contributed by atoms with Crippen LogP contribution in [-0.4, -0.2) is 56.2 Å². The zero-order valence-electron chi connectivity index (χ0n) is 20.5. The Bertz CT molecular complexity index is 1270. The van der Waals surface area contributed by atoms with Gasteiger partial charge in [-0.05, 0) is 19.3 Å².